The summed E-state index contributed by atoms with van der Waals surface area (Å²) in [7, 11) is 1.62. The number of nitrogens with zero attached hydrogens (tertiary/aromatic N) is 3. The number of amides is 2. The second-order valence-electron chi connectivity index (χ2n) is 6.22. The van der Waals surface area contributed by atoms with Crippen LogP contribution in [0, 0.1) is 5.92 Å². The first kappa shape index (κ1) is 15.9. The summed E-state index contributed by atoms with van der Waals surface area (Å²) in [6.07, 6.45) is 5.92. The molecule has 1 aliphatic heterocycles. The Morgan fingerprint density at radius 3 is 2.78 bits per heavy atom. The normalized spacial score (nSPS) is 20.8. The summed E-state index contributed by atoms with van der Waals surface area (Å²) in [5.74, 6) is 1.40. The standard InChI is InChI=1S/C16H22N4O3/c1-23-5-4-20-10-11(6-14(20)21)7-19-16(22)13-8-17-15(18-9-13)12-2-3-12/h8-9,11-12H,2-7,10H2,1H3,(H,19,22)/t11-/m0/s1. The van der Waals surface area contributed by atoms with Crippen LogP contribution in [-0.4, -0.2) is 60.0 Å². The van der Waals surface area contributed by atoms with Crippen molar-refractivity contribution in [3.8, 4) is 0 Å². The summed E-state index contributed by atoms with van der Waals surface area (Å²) >= 11 is 0. The average Bonchev–Trinajstić information content (AvgIpc) is 3.35. The molecule has 23 heavy (non-hydrogen) atoms. The van der Waals surface area contributed by atoms with E-state index in [4.69, 9.17) is 4.74 Å². The van der Waals surface area contributed by atoms with E-state index in [0.29, 0.717) is 44.1 Å². The molecule has 7 heteroatoms. The largest absolute Gasteiger partial charge is 0.383 e. The Kier molecular flexibility index (Phi) is 4.85. The summed E-state index contributed by atoms with van der Waals surface area (Å²) in [6, 6.07) is 0. The van der Waals surface area contributed by atoms with Gasteiger partial charge in [-0.1, -0.05) is 0 Å². The van der Waals surface area contributed by atoms with Crippen LogP contribution >= 0.6 is 0 Å². The number of nitrogens with one attached hydrogen (secondary N) is 1. The van der Waals surface area contributed by atoms with Gasteiger partial charge in [0.1, 0.15) is 5.82 Å². The van der Waals surface area contributed by atoms with Gasteiger partial charge in [-0.15, -0.1) is 0 Å². The van der Waals surface area contributed by atoms with E-state index in [1.165, 1.54) is 0 Å². The molecule has 124 valence electrons. The Balaban J connectivity index is 1.46. The molecular weight excluding hydrogens is 296 g/mol. The van der Waals surface area contributed by atoms with Gasteiger partial charge in [-0.05, 0) is 12.8 Å². The molecule has 3 rings (SSSR count). The summed E-state index contributed by atoms with van der Waals surface area (Å²) in [5.41, 5.74) is 0.468. The van der Waals surface area contributed by atoms with Crippen LogP contribution in [0.3, 0.4) is 0 Å². The van der Waals surface area contributed by atoms with E-state index in [1.807, 2.05) is 0 Å². The number of aromatic nitrogens is 2. The fourth-order valence-corrected chi connectivity index (χ4v) is 2.76. The Bertz CT molecular complexity index is 571. The molecule has 2 aliphatic rings. The smallest absolute Gasteiger partial charge is 0.254 e. The van der Waals surface area contributed by atoms with Crippen LogP contribution in [0.15, 0.2) is 12.4 Å². The van der Waals surface area contributed by atoms with E-state index in [2.05, 4.69) is 15.3 Å². The highest BCUT2D eigenvalue weighted by Crippen LogP contribution is 2.37. The Labute approximate surface area is 135 Å². The lowest BCUT2D eigenvalue weighted by atomic mass is 10.1. The van der Waals surface area contributed by atoms with E-state index in [1.54, 1.807) is 24.4 Å². The maximum Gasteiger partial charge on any atom is 0.254 e. The fourth-order valence-electron chi connectivity index (χ4n) is 2.76. The van der Waals surface area contributed by atoms with Crippen LogP contribution in [0.1, 0.15) is 41.4 Å². The number of carbonyl (C=O) groups is 2. The van der Waals surface area contributed by atoms with Gasteiger partial charge >= 0.3 is 0 Å². The van der Waals surface area contributed by atoms with Gasteiger partial charge in [0.2, 0.25) is 5.91 Å². The molecule has 0 spiro atoms. The SMILES string of the molecule is COCCN1C[C@H](CNC(=O)c2cnc(C3CC3)nc2)CC1=O. The zero-order valence-electron chi connectivity index (χ0n) is 13.3. The molecule has 0 radical (unpaired) electrons. The molecule has 2 amide bonds. The highest BCUT2D eigenvalue weighted by Gasteiger charge is 2.29. The third kappa shape index (κ3) is 4.04. The minimum absolute atomic E-state index is 0.124. The van der Waals surface area contributed by atoms with Gasteiger partial charge in [0, 0.05) is 57.4 Å². The van der Waals surface area contributed by atoms with Crippen molar-refractivity contribution >= 4 is 11.8 Å². The number of carbonyl (C=O) groups excluding carboxylic acids is 2. The predicted octanol–water partition coefficient (Wildman–Crippen LogP) is 0.579. The molecule has 1 aromatic heterocycles. The number of methoxy groups -OCH3 is 1. The van der Waals surface area contributed by atoms with E-state index in [9.17, 15) is 9.59 Å². The van der Waals surface area contributed by atoms with Crippen molar-refractivity contribution in [2.45, 2.75) is 25.2 Å². The third-order valence-electron chi connectivity index (χ3n) is 4.29. The summed E-state index contributed by atoms with van der Waals surface area (Å²) < 4.78 is 5.00. The minimum Gasteiger partial charge on any atom is -0.383 e. The van der Waals surface area contributed by atoms with Crippen molar-refractivity contribution in [3.05, 3.63) is 23.8 Å². The number of rotatable bonds is 7. The molecule has 1 saturated carbocycles. The maximum atomic E-state index is 12.1. The lowest BCUT2D eigenvalue weighted by Gasteiger charge is -2.16. The zero-order valence-corrected chi connectivity index (χ0v) is 13.3. The molecule has 2 fully saturated rings. The Morgan fingerprint density at radius 1 is 1.39 bits per heavy atom. The van der Waals surface area contributed by atoms with Gasteiger partial charge in [0.25, 0.3) is 5.91 Å². The second-order valence-corrected chi connectivity index (χ2v) is 6.22. The van der Waals surface area contributed by atoms with Crippen LogP contribution in [0.25, 0.3) is 0 Å². The second kappa shape index (κ2) is 7.04. The van der Waals surface area contributed by atoms with Gasteiger partial charge in [-0.3, -0.25) is 9.59 Å². The predicted molar refractivity (Wildman–Crippen MR) is 82.9 cm³/mol. The first-order valence-electron chi connectivity index (χ1n) is 8.04. The van der Waals surface area contributed by atoms with E-state index in [-0.39, 0.29) is 17.7 Å². The molecule has 1 N–H and O–H groups in total. The summed E-state index contributed by atoms with van der Waals surface area (Å²) in [6.45, 7) is 2.30. The maximum absolute atomic E-state index is 12.1. The van der Waals surface area contributed by atoms with Crippen molar-refractivity contribution < 1.29 is 14.3 Å². The van der Waals surface area contributed by atoms with Crippen molar-refractivity contribution in [2.24, 2.45) is 5.92 Å². The van der Waals surface area contributed by atoms with E-state index >= 15 is 0 Å². The molecule has 0 bridgehead atoms. The minimum atomic E-state index is -0.185. The Morgan fingerprint density at radius 2 is 2.13 bits per heavy atom. The fraction of sp³-hybridized carbons (Fsp3) is 0.625. The van der Waals surface area contributed by atoms with E-state index < -0.39 is 0 Å². The van der Waals surface area contributed by atoms with Gasteiger partial charge in [0.15, 0.2) is 0 Å². The van der Waals surface area contributed by atoms with Gasteiger partial charge in [0.05, 0.1) is 12.2 Å². The van der Waals surface area contributed by atoms with Crippen LogP contribution in [-0.2, 0) is 9.53 Å². The van der Waals surface area contributed by atoms with E-state index in [0.717, 1.165) is 18.7 Å². The quantitative estimate of drug-likeness (QED) is 0.795. The molecular formula is C16H22N4O3. The highest BCUT2D eigenvalue weighted by atomic mass is 16.5. The van der Waals surface area contributed by atoms with Crippen LogP contribution < -0.4 is 5.32 Å². The third-order valence-corrected chi connectivity index (χ3v) is 4.29. The molecule has 7 nitrogen and oxygen atoms in total. The van der Waals surface area contributed by atoms with Crippen molar-refractivity contribution in [1.29, 1.82) is 0 Å². The molecule has 0 aromatic carbocycles. The number of hydrogen-bond donors (Lipinski definition) is 1. The molecule has 1 aromatic rings. The Hall–Kier alpha value is -2.02. The molecule has 1 saturated heterocycles. The van der Waals surface area contributed by atoms with Crippen LogP contribution in [0.5, 0.6) is 0 Å². The molecule has 0 unspecified atom stereocenters. The molecule has 1 aliphatic carbocycles. The first-order chi connectivity index (χ1) is 11.2. The lowest BCUT2D eigenvalue weighted by molar-refractivity contribution is -0.128. The van der Waals surface area contributed by atoms with Crippen molar-refractivity contribution in [3.63, 3.8) is 0 Å². The van der Waals surface area contributed by atoms with Crippen molar-refractivity contribution in [1.82, 2.24) is 20.2 Å². The number of ether oxygens (including phenoxy) is 1. The summed E-state index contributed by atoms with van der Waals surface area (Å²) in [5, 5.41) is 2.87. The van der Waals surface area contributed by atoms with Gasteiger partial charge < -0.3 is 15.0 Å². The topological polar surface area (TPSA) is 84.4 Å². The van der Waals surface area contributed by atoms with Crippen LogP contribution in [0.4, 0.5) is 0 Å². The highest BCUT2D eigenvalue weighted by molar-refractivity contribution is 5.93. The summed E-state index contributed by atoms with van der Waals surface area (Å²) in [4.78, 5) is 34.3. The molecule has 2 heterocycles. The van der Waals surface area contributed by atoms with Gasteiger partial charge in [-0.2, -0.15) is 0 Å². The number of hydrogen-bond acceptors (Lipinski definition) is 5. The van der Waals surface area contributed by atoms with Crippen LogP contribution in [0.2, 0.25) is 0 Å². The van der Waals surface area contributed by atoms with Gasteiger partial charge in [-0.25, -0.2) is 9.97 Å². The lowest BCUT2D eigenvalue weighted by Crippen LogP contribution is -2.32. The monoisotopic (exact) mass is 318 g/mol. The number of likely N-dealkylation sites (tertiary alicyclic amines) is 1. The average molecular weight is 318 g/mol. The first-order valence-corrected chi connectivity index (χ1v) is 8.04. The van der Waals surface area contributed by atoms with Crippen molar-refractivity contribution in [2.75, 3.05) is 33.4 Å². The molecule has 1 atom stereocenters. The zero-order chi connectivity index (χ0) is 16.2.